The first-order valence-electron chi connectivity index (χ1n) is 1.09. The summed E-state index contributed by atoms with van der Waals surface area (Å²) < 4.78 is 1.14. The van der Waals surface area contributed by atoms with Gasteiger partial charge in [0.05, 0.1) is 0 Å². The Balaban J connectivity index is 2.32. The lowest BCUT2D eigenvalue weighted by Gasteiger charge is -1.89. The molecule has 0 aliphatic rings. The van der Waals surface area contributed by atoms with Gasteiger partial charge in [-0.25, -0.2) is 4.73 Å². The quantitative estimate of drug-likeness (QED) is 0.283. The molecule has 3 heteroatoms. The summed E-state index contributed by atoms with van der Waals surface area (Å²) in [5.41, 5.74) is 0. The normalized spacial score (nSPS) is 9.75. The van der Waals surface area contributed by atoms with Gasteiger partial charge in [-0.3, -0.25) is 0 Å². The molecule has 0 aromatic carbocycles. The van der Waals surface area contributed by atoms with Crippen molar-refractivity contribution < 1.29 is 5.21 Å². The fraction of sp³-hybridized carbons (Fsp3) is 1.00. The minimum Gasteiger partial charge on any atom is -0.322 e. The van der Waals surface area contributed by atoms with Crippen molar-refractivity contribution in [2.24, 2.45) is 0 Å². The van der Waals surface area contributed by atoms with Crippen molar-refractivity contribution >= 4 is 10.4 Å². The Labute approximate surface area is 28.5 Å². The van der Waals surface area contributed by atoms with Crippen LogP contribution in [-0.4, -0.2) is 27.4 Å². The third-order valence-corrected chi connectivity index (χ3v) is 0. The first-order chi connectivity index (χ1) is 1.73. The van der Waals surface area contributed by atoms with Crippen LogP contribution in [0.15, 0.2) is 0 Å². The molecule has 2 nitrogen and oxygen atoms in total. The third kappa shape index (κ3) is 147. The number of hydrogen-bond donors (Lipinski definition) is 1. The fourth-order valence-corrected chi connectivity index (χ4v) is 0. The van der Waals surface area contributed by atoms with Gasteiger partial charge in [0.25, 0.3) is 0 Å². The van der Waals surface area contributed by atoms with Crippen LogP contribution in [-0.2, 0) is 0 Å². The van der Waals surface area contributed by atoms with E-state index < -0.39 is 0 Å². The standard InChI is InChI=1S/CH7NOSi/c1-2(3)4/h3H,1,4H3. The summed E-state index contributed by atoms with van der Waals surface area (Å²) in [6.07, 6.45) is 0. The fourth-order valence-electron chi connectivity index (χ4n) is 0. The van der Waals surface area contributed by atoms with E-state index in [1.54, 1.807) is 7.05 Å². The molecule has 0 bridgehead atoms. The maximum absolute atomic E-state index is 7.95. The zero-order valence-corrected chi connectivity index (χ0v) is 4.89. The molecule has 0 heterocycles. The summed E-state index contributed by atoms with van der Waals surface area (Å²) in [4.78, 5) is 0. The lowest BCUT2D eigenvalue weighted by Crippen LogP contribution is -2.04. The molecule has 0 rings (SSSR count). The van der Waals surface area contributed by atoms with Crippen LogP contribution in [0.1, 0.15) is 0 Å². The summed E-state index contributed by atoms with van der Waals surface area (Å²) in [6, 6.07) is 0. The molecule has 0 spiro atoms. The summed E-state index contributed by atoms with van der Waals surface area (Å²) in [5.74, 6) is 0. The maximum atomic E-state index is 7.95. The largest absolute Gasteiger partial charge is 0.322 e. The minimum atomic E-state index is 0.738. The third-order valence-electron chi connectivity index (χ3n) is 0. The van der Waals surface area contributed by atoms with Gasteiger partial charge >= 0.3 is 0 Å². The first-order valence-corrected chi connectivity index (χ1v) is 1.99. The van der Waals surface area contributed by atoms with Gasteiger partial charge in [-0.05, 0) is 0 Å². The van der Waals surface area contributed by atoms with E-state index in [-0.39, 0.29) is 0 Å². The highest BCUT2D eigenvalue weighted by molar-refractivity contribution is 6.03. The molecule has 1 N–H and O–H groups in total. The lowest BCUT2D eigenvalue weighted by molar-refractivity contribution is 0.0332. The smallest absolute Gasteiger partial charge is 0.113 e. The van der Waals surface area contributed by atoms with Crippen molar-refractivity contribution in [2.75, 3.05) is 7.05 Å². The van der Waals surface area contributed by atoms with Crippen LogP contribution in [0.2, 0.25) is 0 Å². The van der Waals surface area contributed by atoms with E-state index in [0.29, 0.717) is 0 Å². The zero-order valence-electron chi connectivity index (χ0n) is 2.89. The highest BCUT2D eigenvalue weighted by atomic mass is 28.2. The van der Waals surface area contributed by atoms with E-state index in [9.17, 15) is 0 Å². The van der Waals surface area contributed by atoms with Crippen LogP contribution in [0.4, 0.5) is 0 Å². The Morgan fingerprint density at radius 2 is 2.00 bits per heavy atom. The molecule has 0 amide bonds. The van der Waals surface area contributed by atoms with Gasteiger partial charge in [-0.15, -0.1) is 0 Å². The van der Waals surface area contributed by atoms with Crippen molar-refractivity contribution in [3.05, 3.63) is 0 Å². The monoisotopic (exact) mass is 77.0 g/mol. The van der Waals surface area contributed by atoms with E-state index in [0.717, 1.165) is 15.1 Å². The van der Waals surface area contributed by atoms with Crippen LogP contribution < -0.4 is 0 Å². The minimum absolute atomic E-state index is 0.738. The van der Waals surface area contributed by atoms with Gasteiger partial charge in [-0.1, -0.05) is 0 Å². The summed E-state index contributed by atoms with van der Waals surface area (Å²) in [6.45, 7) is 0. The molecule has 26 valence electrons. The van der Waals surface area contributed by atoms with Crippen molar-refractivity contribution in [1.82, 2.24) is 4.73 Å². The Hall–Kier alpha value is 0.137. The van der Waals surface area contributed by atoms with Crippen LogP contribution >= 0.6 is 0 Å². The predicted octanol–water partition coefficient (Wildman–Crippen LogP) is -1.41. The summed E-state index contributed by atoms with van der Waals surface area (Å²) >= 11 is 0. The summed E-state index contributed by atoms with van der Waals surface area (Å²) in [5, 5.41) is 7.95. The van der Waals surface area contributed by atoms with Crippen molar-refractivity contribution in [2.45, 2.75) is 0 Å². The second-order valence-corrected chi connectivity index (χ2v) is 2.14. The molecule has 0 fully saturated rings. The van der Waals surface area contributed by atoms with E-state index in [2.05, 4.69) is 0 Å². The lowest BCUT2D eigenvalue weighted by atomic mass is 11.6. The molecule has 0 aliphatic carbocycles. The molecule has 0 aliphatic heterocycles. The molecular weight excluding hydrogens is 70.1 g/mol. The second kappa shape index (κ2) is 1.46. The number of rotatable bonds is 0. The second-order valence-electron chi connectivity index (χ2n) is 0.847. The first kappa shape index (κ1) is 4.14. The van der Waals surface area contributed by atoms with Gasteiger partial charge in [0.15, 0.2) is 0 Å². The topological polar surface area (TPSA) is 23.5 Å². The predicted molar refractivity (Wildman–Crippen MR) is 19.5 cm³/mol. The molecule has 0 aromatic heterocycles. The average molecular weight is 77.2 g/mol. The number of hydrogen-bond acceptors (Lipinski definition) is 2. The van der Waals surface area contributed by atoms with E-state index in [1.807, 2.05) is 0 Å². The van der Waals surface area contributed by atoms with Crippen molar-refractivity contribution in [1.29, 1.82) is 0 Å². The highest BCUT2D eigenvalue weighted by Gasteiger charge is 1.60. The van der Waals surface area contributed by atoms with Gasteiger partial charge in [0.1, 0.15) is 10.4 Å². The Bertz CT molecular complexity index is 12.8. The molecule has 0 saturated carbocycles. The van der Waals surface area contributed by atoms with Gasteiger partial charge < -0.3 is 5.21 Å². The van der Waals surface area contributed by atoms with Gasteiger partial charge in [0, 0.05) is 7.05 Å². The summed E-state index contributed by atoms with van der Waals surface area (Å²) in [7, 11) is 2.35. The zero-order chi connectivity index (χ0) is 3.58. The van der Waals surface area contributed by atoms with Crippen LogP contribution in [0.3, 0.4) is 0 Å². The highest BCUT2D eigenvalue weighted by Crippen LogP contribution is 1.43. The van der Waals surface area contributed by atoms with E-state index in [4.69, 9.17) is 5.21 Å². The van der Waals surface area contributed by atoms with Crippen LogP contribution in [0, 0.1) is 0 Å². The maximum Gasteiger partial charge on any atom is 0.113 e. The molecule has 0 unspecified atom stereocenters. The van der Waals surface area contributed by atoms with Crippen molar-refractivity contribution in [3.8, 4) is 0 Å². The molecule has 0 radical (unpaired) electrons. The molecule has 4 heavy (non-hydrogen) atoms. The van der Waals surface area contributed by atoms with Crippen LogP contribution in [0.5, 0.6) is 0 Å². The SMILES string of the molecule is CN(O)[SiH3]. The molecular formula is CH7NOSi. The number of nitrogens with zero attached hydrogens (tertiary/aromatic N) is 1. The van der Waals surface area contributed by atoms with E-state index in [1.165, 1.54) is 0 Å². The molecule has 0 aromatic rings. The number of hydroxylamine groups is 1. The van der Waals surface area contributed by atoms with Crippen LogP contribution in [0.25, 0.3) is 0 Å². The Morgan fingerprint density at radius 1 is 2.00 bits per heavy atom. The van der Waals surface area contributed by atoms with Crippen molar-refractivity contribution in [3.63, 3.8) is 0 Å². The Kier molecular flexibility index (Phi) is 1.51. The molecule has 0 saturated heterocycles. The van der Waals surface area contributed by atoms with Gasteiger partial charge in [-0.2, -0.15) is 0 Å². The average Bonchev–Trinajstić information content (AvgIpc) is 0.811. The molecule has 0 atom stereocenters. The van der Waals surface area contributed by atoms with E-state index >= 15 is 0 Å². The van der Waals surface area contributed by atoms with Gasteiger partial charge in [0.2, 0.25) is 0 Å². The Morgan fingerprint density at radius 3 is 2.00 bits per heavy atom.